The van der Waals surface area contributed by atoms with Gasteiger partial charge < -0.3 is 37.2 Å². The van der Waals surface area contributed by atoms with Crippen molar-refractivity contribution in [2.24, 2.45) is 0 Å². The number of methoxy groups -OCH3 is 3. The van der Waals surface area contributed by atoms with E-state index in [4.69, 9.17) is 32.8 Å². The second-order valence-electron chi connectivity index (χ2n) is 15.1. The van der Waals surface area contributed by atoms with Gasteiger partial charge in [-0.3, -0.25) is 14.4 Å². The lowest BCUT2D eigenvalue weighted by atomic mass is 9.98. The molecule has 0 N–H and O–H groups in total. The molecule has 9 aromatic rings. The standard InChI is InChI=1S/C52H36F3NO11S3/c1-61-40-21-29(4-17-38(40)64-45(57)25-68-33-11-5-30(53)6-12-33)48-49-37-23-42(63-3)44(66-47(59)27-70-35-15-9-32(55)10-16-35)24-39(37)67-52(60)51(49)56-19-18-28-20-43(41(62-2)22-36(28)50(48)56)65-46(58)26-69-34-13-7-31(54)8-14-34/h4-24H,25-27H2,1-3H3. The minimum Gasteiger partial charge on any atom is -0.493 e. The van der Waals surface area contributed by atoms with E-state index in [1.807, 2.05) is 0 Å². The number of hydrogen-bond donors (Lipinski definition) is 0. The monoisotopic (exact) mass is 1000 g/mol. The molecule has 0 aliphatic carbocycles. The molecule has 0 saturated carbocycles. The summed E-state index contributed by atoms with van der Waals surface area (Å²) in [6.45, 7) is 0. The lowest BCUT2D eigenvalue weighted by Gasteiger charge is -2.14. The zero-order valence-electron chi connectivity index (χ0n) is 37.0. The summed E-state index contributed by atoms with van der Waals surface area (Å²) in [6.07, 6.45) is 1.67. The molecule has 0 radical (unpaired) electrons. The minimum absolute atomic E-state index is 0.0220. The van der Waals surface area contributed by atoms with Crippen LogP contribution in [0.3, 0.4) is 0 Å². The fraction of sp³-hybridized carbons (Fsp3) is 0.115. The fourth-order valence-electron chi connectivity index (χ4n) is 7.65. The molecule has 0 aliphatic heterocycles. The van der Waals surface area contributed by atoms with Crippen molar-refractivity contribution in [3.05, 3.63) is 155 Å². The molecule has 0 fully saturated rings. The maximum absolute atomic E-state index is 14.4. The van der Waals surface area contributed by atoms with Crippen LogP contribution in [0.15, 0.2) is 151 Å². The first-order valence-electron chi connectivity index (χ1n) is 21.0. The third-order valence-electron chi connectivity index (χ3n) is 10.8. The largest absolute Gasteiger partial charge is 0.493 e. The molecule has 0 atom stereocenters. The summed E-state index contributed by atoms with van der Waals surface area (Å²) in [7, 11) is 4.23. The van der Waals surface area contributed by atoms with Gasteiger partial charge in [0.05, 0.1) is 44.1 Å². The van der Waals surface area contributed by atoms with Crippen molar-refractivity contribution in [1.29, 1.82) is 0 Å². The minimum atomic E-state index is -0.746. The third-order valence-corrected chi connectivity index (χ3v) is 13.7. The van der Waals surface area contributed by atoms with E-state index >= 15 is 0 Å². The molecular weight excluding hydrogens is 968 g/mol. The zero-order valence-corrected chi connectivity index (χ0v) is 39.5. The molecule has 0 amide bonds. The van der Waals surface area contributed by atoms with Crippen LogP contribution in [0, 0.1) is 17.5 Å². The Morgan fingerprint density at radius 2 is 0.971 bits per heavy atom. The van der Waals surface area contributed by atoms with E-state index in [1.54, 1.807) is 89.5 Å². The number of carbonyl (C=O) groups is 3. The number of halogens is 3. The highest BCUT2D eigenvalue weighted by atomic mass is 32.2. The highest BCUT2D eigenvalue weighted by Gasteiger charge is 2.26. The number of esters is 3. The number of carbonyl (C=O) groups excluding carboxylic acids is 3. The normalized spacial score (nSPS) is 11.3. The average Bonchev–Trinajstić information content (AvgIpc) is 3.72. The quantitative estimate of drug-likeness (QED) is 0.0392. The Kier molecular flexibility index (Phi) is 14.0. The number of rotatable bonds is 16. The van der Waals surface area contributed by atoms with Gasteiger partial charge in [-0.05, 0) is 120 Å². The molecule has 0 saturated heterocycles. The Hall–Kier alpha value is -7.54. The molecule has 3 heterocycles. The predicted molar refractivity (Wildman–Crippen MR) is 262 cm³/mol. The Labute approximate surface area is 408 Å². The first-order valence-corrected chi connectivity index (χ1v) is 23.9. The molecule has 3 aromatic heterocycles. The van der Waals surface area contributed by atoms with E-state index in [9.17, 15) is 32.3 Å². The number of aromatic nitrogens is 1. The van der Waals surface area contributed by atoms with Crippen molar-refractivity contribution in [2.75, 3.05) is 38.6 Å². The molecule has 12 nitrogen and oxygen atoms in total. The topological polar surface area (TPSA) is 141 Å². The average molecular weight is 1000 g/mol. The van der Waals surface area contributed by atoms with Gasteiger partial charge >= 0.3 is 23.5 Å². The van der Waals surface area contributed by atoms with Gasteiger partial charge in [-0.1, -0.05) is 6.07 Å². The van der Waals surface area contributed by atoms with Crippen LogP contribution in [0.1, 0.15) is 0 Å². The van der Waals surface area contributed by atoms with Gasteiger partial charge in [-0.2, -0.15) is 0 Å². The van der Waals surface area contributed by atoms with Crippen molar-refractivity contribution < 1.29 is 60.4 Å². The summed E-state index contributed by atoms with van der Waals surface area (Å²) in [5.41, 5.74) is 0.918. The molecule has 6 aromatic carbocycles. The Bertz CT molecular complexity index is 3550. The van der Waals surface area contributed by atoms with E-state index in [0.717, 1.165) is 11.8 Å². The first-order chi connectivity index (χ1) is 33.9. The maximum atomic E-state index is 14.4. The van der Waals surface area contributed by atoms with E-state index < -0.39 is 41.0 Å². The molecule has 354 valence electrons. The van der Waals surface area contributed by atoms with Gasteiger partial charge in [0.1, 0.15) is 28.6 Å². The predicted octanol–water partition coefficient (Wildman–Crippen LogP) is 11.6. The molecule has 0 unspecified atom stereocenters. The van der Waals surface area contributed by atoms with E-state index in [-0.39, 0.29) is 62.9 Å². The lowest BCUT2D eigenvalue weighted by molar-refractivity contribution is -0.132. The highest BCUT2D eigenvalue weighted by Crippen LogP contribution is 2.47. The summed E-state index contributed by atoms with van der Waals surface area (Å²) in [5, 5.41) is 1.93. The van der Waals surface area contributed by atoms with Crippen LogP contribution in [0.25, 0.3) is 49.3 Å². The Morgan fingerprint density at radius 3 is 1.47 bits per heavy atom. The third kappa shape index (κ3) is 10.1. The lowest BCUT2D eigenvalue weighted by Crippen LogP contribution is -2.11. The Balaban J connectivity index is 1.16. The fourth-order valence-corrected chi connectivity index (χ4v) is 9.67. The number of hydrogen-bond acceptors (Lipinski definition) is 14. The smallest absolute Gasteiger partial charge is 0.361 e. The summed E-state index contributed by atoms with van der Waals surface area (Å²) in [5.74, 6) is -2.62. The maximum Gasteiger partial charge on any atom is 0.361 e. The summed E-state index contributed by atoms with van der Waals surface area (Å²) >= 11 is 3.49. The van der Waals surface area contributed by atoms with Gasteiger partial charge in [0.25, 0.3) is 0 Å². The molecular formula is C52H36F3NO11S3. The van der Waals surface area contributed by atoms with E-state index in [2.05, 4.69) is 0 Å². The van der Waals surface area contributed by atoms with Crippen LogP contribution in [-0.4, -0.2) is 60.9 Å². The summed E-state index contributed by atoms with van der Waals surface area (Å²) in [6, 6.07) is 30.1. The summed E-state index contributed by atoms with van der Waals surface area (Å²) in [4.78, 5) is 55.8. The van der Waals surface area contributed by atoms with Crippen LogP contribution in [0.4, 0.5) is 13.2 Å². The van der Waals surface area contributed by atoms with Crippen LogP contribution in [0.5, 0.6) is 34.5 Å². The second kappa shape index (κ2) is 20.6. The van der Waals surface area contributed by atoms with Crippen molar-refractivity contribution in [2.45, 2.75) is 14.7 Å². The highest BCUT2D eigenvalue weighted by molar-refractivity contribution is 8.00. The molecule has 0 bridgehead atoms. The van der Waals surface area contributed by atoms with Crippen LogP contribution in [0.2, 0.25) is 0 Å². The van der Waals surface area contributed by atoms with Crippen molar-refractivity contribution in [1.82, 2.24) is 4.40 Å². The molecule has 70 heavy (non-hydrogen) atoms. The number of pyridine rings is 1. The van der Waals surface area contributed by atoms with Crippen molar-refractivity contribution in [3.8, 4) is 45.6 Å². The number of fused-ring (bicyclic) bond motifs is 7. The van der Waals surface area contributed by atoms with Crippen molar-refractivity contribution >= 4 is 91.4 Å². The van der Waals surface area contributed by atoms with Crippen LogP contribution in [-0.2, 0) is 14.4 Å². The second-order valence-corrected chi connectivity index (χ2v) is 18.3. The van der Waals surface area contributed by atoms with Gasteiger partial charge in [0.2, 0.25) is 0 Å². The first kappa shape index (κ1) is 47.5. The van der Waals surface area contributed by atoms with Crippen LogP contribution < -0.4 is 34.0 Å². The number of thioether (sulfide) groups is 3. The van der Waals surface area contributed by atoms with Gasteiger partial charge in [-0.15, -0.1) is 35.3 Å². The van der Waals surface area contributed by atoms with E-state index in [1.165, 1.54) is 87.3 Å². The molecule has 0 spiro atoms. The van der Waals surface area contributed by atoms with Gasteiger partial charge in [0.15, 0.2) is 34.5 Å². The molecule has 9 rings (SSSR count). The van der Waals surface area contributed by atoms with Gasteiger partial charge in [0, 0.05) is 48.7 Å². The zero-order chi connectivity index (χ0) is 49.1. The summed E-state index contributed by atoms with van der Waals surface area (Å²) < 4.78 is 82.7. The molecule has 0 aliphatic rings. The number of ether oxygens (including phenoxy) is 6. The van der Waals surface area contributed by atoms with E-state index in [0.29, 0.717) is 52.9 Å². The van der Waals surface area contributed by atoms with Crippen LogP contribution >= 0.6 is 35.3 Å². The SMILES string of the molecule is COc1cc(-c2c3c4cc(OC)c(OC(=O)CSc5ccc(F)cc5)cc4oc(=O)c3n3ccc4cc(OC(=O)CSc5ccc(F)cc5)c(OC)cc4c23)ccc1OC(=O)CSc1ccc(F)cc1. The van der Waals surface area contributed by atoms with Crippen molar-refractivity contribution in [3.63, 3.8) is 0 Å². The molecule has 18 heteroatoms. The van der Waals surface area contributed by atoms with Gasteiger partial charge in [-0.25, -0.2) is 18.0 Å². The number of nitrogens with zero attached hydrogens (tertiary/aromatic N) is 1. The Morgan fingerprint density at radius 1 is 0.514 bits per heavy atom. The number of benzene rings is 6.